The molecule has 0 spiro atoms. The van der Waals surface area contributed by atoms with Crippen LogP contribution in [-0.4, -0.2) is 6.54 Å². The van der Waals surface area contributed by atoms with Gasteiger partial charge in [-0.25, -0.2) is 0 Å². The normalized spacial score (nSPS) is 34.6. The summed E-state index contributed by atoms with van der Waals surface area (Å²) in [6.07, 6.45) is 9.06. The van der Waals surface area contributed by atoms with Gasteiger partial charge in [-0.3, -0.25) is 0 Å². The number of nitrogens with zero attached hydrogens (tertiary/aromatic N) is 1. The molecule has 0 bridgehead atoms. The Kier molecular flexibility index (Phi) is 4.56. The Morgan fingerprint density at radius 3 is 2.71 bits per heavy atom. The summed E-state index contributed by atoms with van der Waals surface area (Å²) in [5.74, 6) is 0.754. The zero-order chi connectivity index (χ0) is 10.4. The van der Waals surface area contributed by atoms with Crippen molar-refractivity contribution >= 4 is 0 Å². The molecule has 1 aliphatic rings. The third kappa shape index (κ3) is 3.07. The number of hydrogen-bond donors (Lipinski definition) is 0. The predicted octanol–water partition coefficient (Wildman–Crippen LogP) is 4.14. The second kappa shape index (κ2) is 5.47. The maximum absolute atomic E-state index is 10.2. The van der Waals surface area contributed by atoms with Crippen molar-refractivity contribution in [3.05, 3.63) is 4.91 Å². The van der Waals surface area contributed by atoms with Gasteiger partial charge in [-0.1, -0.05) is 51.1 Å². The van der Waals surface area contributed by atoms with Gasteiger partial charge in [0.2, 0.25) is 0 Å². The zero-order valence-corrected chi connectivity index (χ0v) is 9.59. The minimum Gasteiger partial charge on any atom is -0.151 e. The summed E-state index contributed by atoms with van der Waals surface area (Å²) in [6, 6.07) is 0. The Morgan fingerprint density at radius 1 is 1.29 bits per heavy atom. The van der Waals surface area contributed by atoms with Gasteiger partial charge in [-0.2, -0.15) is 4.91 Å². The van der Waals surface area contributed by atoms with E-state index in [2.05, 4.69) is 19.0 Å². The van der Waals surface area contributed by atoms with Gasteiger partial charge in [0, 0.05) is 0 Å². The highest BCUT2D eigenvalue weighted by atomic mass is 16.3. The largest absolute Gasteiger partial charge is 0.151 e. The molecule has 1 saturated carbocycles. The number of hydrogen-bond acceptors (Lipinski definition) is 2. The number of rotatable bonds is 3. The van der Waals surface area contributed by atoms with Crippen LogP contribution in [0, 0.1) is 16.2 Å². The molecule has 0 saturated heterocycles. The SMILES string of the molecule is CC1CCCCCCC1(C)CCN=O. The molecular formula is C12H23NO. The standard InChI is InChI=1S/C12H23NO/c1-11-7-5-3-4-6-8-12(11,2)9-10-13-14/h11H,3-10H2,1-2H3. The lowest BCUT2D eigenvalue weighted by molar-refractivity contribution is 0.142. The molecule has 1 fully saturated rings. The van der Waals surface area contributed by atoms with Crippen molar-refractivity contribution in [2.24, 2.45) is 16.5 Å². The summed E-state index contributed by atoms with van der Waals surface area (Å²) < 4.78 is 0. The topological polar surface area (TPSA) is 29.4 Å². The fourth-order valence-corrected chi connectivity index (χ4v) is 2.60. The van der Waals surface area contributed by atoms with Crippen LogP contribution in [0.25, 0.3) is 0 Å². The van der Waals surface area contributed by atoms with Crippen LogP contribution in [-0.2, 0) is 0 Å². The maximum atomic E-state index is 10.2. The van der Waals surface area contributed by atoms with Gasteiger partial charge in [0.1, 0.15) is 0 Å². The molecule has 1 rings (SSSR count). The Hall–Kier alpha value is -0.400. The van der Waals surface area contributed by atoms with Crippen LogP contribution in [0.3, 0.4) is 0 Å². The Bertz CT molecular complexity index is 181. The maximum Gasteiger partial charge on any atom is 0.0816 e. The second-order valence-electron chi connectivity index (χ2n) is 5.11. The highest BCUT2D eigenvalue weighted by Gasteiger charge is 2.30. The van der Waals surface area contributed by atoms with E-state index in [1.807, 2.05) is 0 Å². The molecule has 14 heavy (non-hydrogen) atoms. The monoisotopic (exact) mass is 197 g/mol. The molecular weight excluding hydrogens is 174 g/mol. The zero-order valence-electron chi connectivity index (χ0n) is 9.59. The summed E-state index contributed by atoms with van der Waals surface area (Å²) >= 11 is 0. The third-order valence-corrected chi connectivity index (χ3v) is 4.10. The van der Waals surface area contributed by atoms with Crippen LogP contribution in [0.2, 0.25) is 0 Å². The van der Waals surface area contributed by atoms with Crippen LogP contribution in [0.4, 0.5) is 0 Å². The van der Waals surface area contributed by atoms with E-state index in [9.17, 15) is 4.91 Å². The molecule has 2 heteroatoms. The highest BCUT2D eigenvalue weighted by molar-refractivity contribution is 4.82. The predicted molar refractivity (Wildman–Crippen MR) is 60.3 cm³/mol. The van der Waals surface area contributed by atoms with Crippen molar-refractivity contribution in [2.45, 2.75) is 58.8 Å². The van der Waals surface area contributed by atoms with Crippen LogP contribution in [0.5, 0.6) is 0 Å². The molecule has 0 amide bonds. The van der Waals surface area contributed by atoms with E-state index in [1.54, 1.807) is 0 Å². The Labute approximate surface area is 87.4 Å². The first-order valence-corrected chi connectivity index (χ1v) is 5.98. The molecule has 0 aromatic carbocycles. The first-order valence-electron chi connectivity index (χ1n) is 5.98. The van der Waals surface area contributed by atoms with Gasteiger partial charge in [0.05, 0.1) is 6.54 Å². The van der Waals surface area contributed by atoms with E-state index in [4.69, 9.17) is 0 Å². The quantitative estimate of drug-likeness (QED) is 0.625. The van der Waals surface area contributed by atoms with E-state index in [-0.39, 0.29) is 0 Å². The van der Waals surface area contributed by atoms with Crippen molar-refractivity contribution in [2.75, 3.05) is 6.54 Å². The van der Waals surface area contributed by atoms with E-state index >= 15 is 0 Å². The van der Waals surface area contributed by atoms with Gasteiger partial charge in [-0.15, -0.1) is 0 Å². The molecule has 2 unspecified atom stereocenters. The van der Waals surface area contributed by atoms with Crippen molar-refractivity contribution in [1.29, 1.82) is 0 Å². The minimum atomic E-state index is 0.369. The van der Waals surface area contributed by atoms with E-state index in [0.717, 1.165) is 12.3 Å². The summed E-state index contributed by atoms with van der Waals surface area (Å²) in [7, 11) is 0. The molecule has 0 N–H and O–H groups in total. The highest BCUT2D eigenvalue weighted by Crippen LogP contribution is 2.41. The molecule has 0 aliphatic heterocycles. The number of nitroso groups, excluding NO2 is 1. The van der Waals surface area contributed by atoms with Crippen molar-refractivity contribution in [1.82, 2.24) is 0 Å². The molecule has 0 heterocycles. The third-order valence-electron chi connectivity index (χ3n) is 4.10. The fourth-order valence-electron chi connectivity index (χ4n) is 2.60. The lowest BCUT2D eigenvalue weighted by atomic mass is 9.69. The van der Waals surface area contributed by atoms with E-state index < -0.39 is 0 Å². The summed E-state index contributed by atoms with van der Waals surface area (Å²) in [6.45, 7) is 5.19. The van der Waals surface area contributed by atoms with Crippen molar-refractivity contribution < 1.29 is 0 Å². The average Bonchev–Trinajstić information content (AvgIpc) is 2.17. The van der Waals surface area contributed by atoms with Crippen molar-refractivity contribution in [3.8, 4) is 0 Å². The van der Waals surface area contributed by atoms with Crippen LogP contribution in [0.15, 0.2) is 5.18 Å². The van der Waals surface area contributed by atoms with Gasteiger partial charge >= 0.3 is 0 Å². The lowest BCUT2D eigenvalue weighted by Crippen LogP contribution is -2.27. The molecule has 0 aromatic rings. The van der Waals surface area contributed by atoms with Gasteiger partial charge in [0.15, 0.2) is 0 Å². The molecule has 2 atom stereocenters. The lowest BCUT2D eigenvalue weighted by Gasteiger charge is -2.37. The van der Waals surface area contributed by atoms with Gasteiger partial charge in [0.25, 0.3) is 0 Å². The fraction of sp³-hybridized carbons (Fsp3) is 1.00. The first kappa shape index (κ1) is 11.7. The van der Waals surface area contributed by atoms with Crippen LogP contribution < -0.4 is 0 Å². The van der Waals surface area contributed by atoms with E-state index in [1.165, 1.54) is 38.5 Å². The van der Waals surface area contributed by atoms with Crippen LogP contribution in [0.1, 0.15) is 58.8 Å². The average molecular weight is 197 g/mol. The molecule has 1 aliphatic carbocycles. The summed E-state index contributed by atoms with van der Waals surface area (Å²) in [5, 5.41) is 3.01. The molecule has 0 aromatic heterocycles. The van der Waals surface area contributed by atoms with Crippen molar-refractivity contribution in [3.63, 3.8) is 0 Å². The molecule has 82 valence electrons. The van der Waals surface area contributed by atoms with Gasteiger partial charge in [-0.05, 0) is 24.2 Å². The van der Waals surface area contributed by atoms with Crippen LogP contribution >= 0.6 is 0 Å². The Balaban J connectivity index is 2.53. The summed E-state index contributed by atoms with van der Waals surface area (Å²) in [5.41, 5.74) is 0.369. The molecule has 2 nitrogen and oxygen atoms in total. The Morgan fingerprint density at radius 2 is 2.00 bits per heavy atom. The smallest absolute Gasteiger partial charge is 0.0816 e. The molecule has 0 radical (unpaired) electrons. The van der Waals surface area contributed by atoms with E-state index in [0.29, 0.717) is 12.0 Å². The van der Waals surface area contributed by atoms with Gasteiger partial charge < -0.3 is 0 Å². The first-order chi connectivity index (χ1) is 6.69. The minimum absolute atomic E-state index is 0.369. The second-order valence-corrected chi connectivity index (χ2v) is 5.11. The summed E-state index contributed by atoms with van der Waals surface area (Å²) in [4.78, 5) is 10.2.